The van der Waals surface area contributed by atoms with Crippen LogP contribution in [0.2, 0.25) is 0 Å². The van der Waals surface area contributed by atoms with E-state index >= 15 is 0 Å². The van der Waals surface area contributed by atoms with E-state index in [2.05, 4.69) is 11.9 Å². The van der Waals surface area contributed by atoms with Crippen molar-refractivity contribution in [2.45, 2.75) is 83.0 Å². The summed E-state index contributed by atoms with van der Waals surface area (Å²) < 4.78 is 16.6. The number of ketones is 2. The lowest BCUT2D eigenvalue weighted by Crippen LogP contribution is -2.61. The number of pyridine rings is 1. The number of esters is 1. The first kappa shape index (κ1) is 29.2. The number of fused-ring (bicyclic) bond motifs is 5. The van der Waals surface area contributed by atoms with Gasteiger partial charge in [-0.25, -0.2) is 4.98 Å². The van der Waals surface area contributed by atoms with Crippen molar-refractivity contribution in [1.29, 1.82) is 0 Å². The van der Waals surface area contributed by atoms with Crippen molar-refractivity contribution in [1.82, 2.24) is 4.98 Å². The van der Waals surface area contributed by atoms with Crippen molar-refractivity contribution in [2.75, 3.05) is 19.8 Å². The van der Waals surface area contributed by atoms with Crippen LogP contribution in [0.4, 0.5) is 0 Å². The molecular weight excluding hydrogens is 538 g/mol. The number of aromatic nitrogens is 1. The van der Waals surface area contributed by atoms with Gasteiger partial charge in [0.2, 0.25) is 11.7 Å². The van der Waals surface area contributed by atoms with E-state index in [1.165, 1.54) is 0 Å². The topological polar surface area (TPSA) is 132 Å². The number of rotatable bonds is 7. The third kappa shape index (κ3) is 4.93. The average molecular weight is 580 g/mol. The van der Waals surface area contributed by atoms with Crippen LogP contribution in [-0.2, 0) is 30.3 Å². The number of ether oxygens (including phenoxy) is 3. The second-order valence-corrected chi connectivity index (χ2v) is 13.3. The lowest BCUT2D eigenvalue weighted by atomic mass is 9.46. The van der Waals surface area contributed by atoms with Crippen LogP contribution in [0.5, 0.6) is 5.88 Å². The molecule has 0 amide bonds. The molecule has 5 aliphatic rings. The SMILES string of the molecule is CC12C=CC(=O)C=C1CCC1C2[C@@H](O)CC2(C)C1CC[C@]2(O)C(=O)COC(=O)Cc1ccc(OC2CCOCC2)nc1. The maximum absolute atomic E-state index is 13.5. The first-order valence-corrected chi connectivity index (χ1v) is 15.3. The first-order chi connectivity index (χ1) is 20.0. The Hall–Kier alpha value is -2.88. The molecule has 0 aromatic carbocycles. The highest BCUT2D eigenvalue weighted by Gasteiger charge is 2.68. The maximum Gasteiger partial charge on any atom is 0.310 e. The van der Waals surface area contributed by atoms with E-state index in [1.54, 1.807) is 30.5 Å². The van der Waals surface area contributed by atoms with Crippen molar-refractivity contribution in [3.63, 3.8) is 0 Å². The monoisotopic (exact) mass is 579 g/mol. The highest BCUT2D eigenvalue weighted by atomic mass is 16.5. The van der Waals surface area contributed by atoms with Crippen molar-refractivity contribution in [3.8, 4) is 5.88 Å². The standard InChI is InChI=1S/C33H41NO8/c1-31-11-7-22(35)16-21(31)4-5-24-25-8-12-33(39,32(25,2)17-26(36)30(24)31)27(37)19-41-29(38)15-20-3-6-28(34-18-20)42-23-9-13-40-14-10-23/h3,6-7,11,16,18,23-26,30,36,39H,4-5,8-10,12-15,17,19H2,1-2H3/t24?,25?,26-,30?,31?,32?,33-/m0/s1. The summed E-state index contributed by atoms with van der Waals surface area (Å²) in [5.74, 6) is -0.563. The van der Waals surface area contributed by atoms with Crippen molar-refractivity contribution in [2.24, 2.45) is 28.6 Å². The van der Waals surface area contributed by atoms with Crippen LogP contribution in [0.3, 0.4) is 0 Å². The quantitative estimate of drug-likeness (QED) is 0.467. The minimum Gasteiger partial charge on any atom is -0.474 e. The third-order valence-electron chi connectivity index (χ3n) is 11.1. The van der Waals surface area contributed by atoms with Gasteiger partial charge in [-0.15, -0.1) is 0 Å². The number of aliphatic hydroxyl groups is 2. The van der Waals surface area contributed by atoms with Gasteiger partial charge in [-0.2, -0.15) is 0 Å². The summed E-state index contributed by atoms with van der Waals surface area (Å²) in [7, 11) is 0. The number of hydrogen-bond acceptors (Lipinski definition) is 9. The molecule has 1 aromatic rings. The zero-order valence-corrected chi connectivity index (χ0v) is 24.4. The molecule has 4 aliphatic carbocycles. The van der Waals surface area contributed by atoms with Gasteiger partial charge in [0.25, 0.3) is 0 Å². The molecule has 6 rings (SSSR count). The lowest BCUT2D eigenvalue weighted by Gasteiger charge is -2.59. The van der Waals surface area contributed by atoms with Crippen LogP contribution in [0, 0.1) is 28.6 Å². The van der Waals surface area contributed by atoms with Crippen LogP contribution in [0.15, 0.2) is 42.1 Å². The van der Waals surface area contributed by atoms with E-state index in [-0.39, 0.29) is 48.9 Å². The Kier molecular flexibility index (Phi) is 7.64. The highest BCUT2D eigenvalue weighted by molar-refractivity contribution is 6.01. The van der Waals surface area contributed by atoms with Crippen LogP contribution in [0.1, 0.15) is 64.4 Å². The predicted molar refractivity (Wildman–Crippen MR) is 151 cm³/mol. The molecule has 42 heavy (non-hydrogen) atoms. The van der Waals surface area contributed by atoms with Gasteiger partial charge in [-0.3, -0.25) is 14.4 Å². The van der Waals surface area contributed by atoms with E-state index in [0.717, 1.165) is 31.3 Å². The zero-order chi connectivity index (χ0) is 29.7. The minimum absolute atomic E-state index is 0.0145. The number of allylic oxidation sites excluding steroid dienone is 4. The first-order valence-electron chi connectivity index (χ1n) is 15.3. The number of nitrogens with zero attached hydrogens (tertiary/aromatic N) is 1. The molecule has 0 bridgehead atoms. The van der Waals surface area contributed by atoms with E-state index in [4.69, 9.17) is 14.2 Å². The molecule has 4 fully saturated rings. The van der Waals surface area contributed by atoms with E-state index in [9.17, 15) is 24.6 Å². The van der Waals surface area contributed by atoms with Crippen molar-refractivity contribution >= 4 is 17.5 Å². The fourth-order valence-electron chi connectivity index (χ4n) is 8.82. The van der Waals surface area contributed by atoms with Gasteiger partial charge in [0.15, 0.2) is 12.4 Å². The van der Waals surface area contributed by atoms with E-state index in [0.29, 0.717) is 31.1 Å². The Bertz CT molecular complexity index is 1300. The second kappa shape index (κ2) is 11.0. The molecule has 1 aromatic heterocycles. The molecule has 7 atom stereocenters. The summed E-state index contributed by atoms with van der Waals surface area (Å²) >= 11 is 0. The molecule has 9 nitrogen and oxygen atoms in total. The Labute approximate surface area is 246 Å². The molecule has 5 unspecified atom stereocenters. The Morgan fingerprint density at radius 3 is 2.67 bits per heavy atom. The summed E-state index contributed by atoms with van der Waals surface area (Å²) in [5.41, 5.74) is -1.25. The van der Waals surface area contributed by atoms with Gasteiger partial charge in [0, 0.05) is 41.9 Å². The summed E-state index contributed by atoms with van der Waals surface area (Å²) in [4.78, 5) is 42.5. The van der Waals surface area contributed by atoms with Gasteiger partial charge in [-0.1, -0.05) is 31.6 Å². The molecule has 2 heterocycles. The van der Waals surface area contributed by atoms with E-state index < -0.39 is 40.9 Å². The summed E-state index contributed by atoms with van der Waals surface area (Å²) in [6.07, 6.45) is 10.5. The van der Waals surface area contributed by atoms with Gasteiger partial charge < -0.3 is 24.4 Å². The number of hydrogen-bond donors (Lipinski definition) is 2. The van der Waals surface area contributed by atoms with Gasteiger partial charge in [-0.05, 0) is 61.7 Å². The fourth-order valence-corrected chi connectivity index (χ4v) is 8.82. The lowest BCUT2D eigenvalue weighted by molar-refractivity contribution is -0.181. The van der Waals surface area contributed by atoms with E-state index in [1.807, 2.05) is 13.0 Å². The van der Waals surface area contributed by atoms with Crippen LogP contribution in [0.25, 0.3) is 0 Å². The predicted octanol–water partition coefficient (Wildman–Crippen LogP) is 3.30. The molecule has 1 saturated heterocycles. The smallest absolute Gasteiger partial charge is 0.310 e. The second-order valence-electron chi connectivity index (χ2n) is 13.3. The van der Waals surface area contributed by atoms with Crippen molar-refractivity contribution < 1.29 is 38.8 Å². The zero-order valence-electron chi connectivity index (χ0n) is 24.4. The summed E-state index contributed by atoms with van der Waals surface area (Å²) in [6, 6.07) is 3.47. The summed E-state index contributed by atoms with van der Waals surface area (Å²) in [5, 5.41) is 23.4. The fraction of sp³-hybridized carbons (Fsp3) is 0.636. The molecule has 1 aliphatic heterocycles. The molecular formula is C33H41NO8. The van der Waals surface area contributed by atoms with Gasteiger partial charge in [0.05, 0.1) is 25.7 Å². The van der Waals surface area contributed by atoms with Crippen LogP contribution in [-0.4, -0.2) is 70.4 Å². The van der Waals surface area contributed by atoms with Gasteiger partial charge >= 0.3 is 5.97 Å². The Morgan fingerprint density at radius 2 is 1.93 bits per heavy atom. The molecule has 0 spiro atoms. The normalized spacial score (nSPS) is 37.7. The highest BCUT2D eigenvalue weighted by Crippen LogP contribution is 2.67. The largest absolute Gasteiger partial charge is 0.474 e. The van der Waals surface area contributed by atoms with Gasteiger partial charge in [0.1, 0.15) is 11.7 Å². The van der Waals surface area contributed by atoms with Crippen LogP contribution < -0.4 is 4.74 Å². The molecule has 9 heteroatoms. The average Bonchev–Trinajstić information content (AvgIpc) is 3.24. The number of carbonyl (C=O) groups is 3. The molecule has 0 radical (unpaired) electrons. The maximum atomic E-state index is 13.5. The van der Waals surface area contributed by atoms with Crippen molar-refractivity contribution in [3.05, 3.63) is 47.7 Å². The number of carbonyl (C=O) groups excluding carboxylic acids is 3. The van der Waals surface area contributed by atoms with Crippen LogP contribution >= 0.6 is 0 Å². The molecule has 3 saturated carbocycles. The Balaban J connectivity index is 1.08. The summed E-state index contributed by atoms with van der Waals surface area (Å²) in [6.45, 7) is 4.83. The molecule has 226 valence electrons. The number of Topliss-reactive ketones (excluding diaryl/α,β-unsaturated/α-hetero) is 1. The Morgan fingerprint density at radius 1 is 1.14 bits per heavy atom. The minimum atomic E-state index is -1.69. The third-order valence-corrected chi connectivity index (χ3v) is 11.1. The molecule has 2 N–H and O–H groups in total. The number of aliphatic hydroxyl groups excluding tert-OH is 1.